The van der Waals surface area contributed by atoms with Crippen LogP contribution in [0.2, 0.25) is 0 Å². The van der Waals surface area contributed by atoms with E-state index in [1.165, 1.54) is 0 Å². The van der Waals surface area contributed by atoms with Gasteiger partial charge in [0.1, 0.15) is 6.10 Å². The summed E-state index contributed by atoms with van der Waals surface area (Å²) in [6, 6.07) is 0. The van der Waals surface area contributed by atoms with Crippen LogP contribution >= 0.6 is 15.9 Å². The van der Waals surface area contributed by atoms with E-state index >= 15 is 0 Å². The van der Waals surface area contributed by atoms with Crippen molar-refractivity contribution in [3.63, 3.8) is 0 Å². The van der Waals surface area contributed by atoms with Crippen LogP contribution in [0.1, 0.15) is 25.6 Å². The highest BCUT2D eigenvalue weighted by Crippen LogP contribution is 2.35. The first-order valence-corrected chi connectivity index (χ1v) is 7.98. The predicted molar refractivity (Wildman–Crippen MR) is 83.2 cm³/mol. The highest BCUT2D eigenvalue weighted by Gasteiger charge is 2.38. The SMILES string of the molecule is COCCn1ncc(Br)c1C(O)C(C)(C)N1CCOCC1. The number of hydrogen-bond donors (Lipinski definition) is 1. The van der Waals surface area contributed by atoms with Gasteiger partial charge in [-0.3, -0.25) is 9.58 Å². The monoisotopic (exact) mass is 361 g/mol. The summed E-state index contributed by atoms with van der Waals surface area (Å²) < 4.78 is 13.1. The number of morpholine rings is 1. The molecule has 0 spiro atoms. The molecule has 1 aromatic rings. The van der Waals surface area contributed by atoms with Gasteiger partial charge in [0.25, 0.3) is 0 Å². The largest absolute Gasteiger partial charge is 0.385 e. The number of aliphatic hydroxyl groups is 1. The summed E-state index contributed by atoms with van der Waals surface area (Å²) in [6.45, 7) is 8.37. The molecule has 0 bridgehead atoms. The molecule has 2 rings (SSSR count). The molecule has 1 saturated heterocycles. The molecule has 1 unspecified atom stereocenters. The van der Waals surface area contributed by atoms with Gasteiger partial charge < -0.3 is 14.6 Å². The van der Waals surface area contributed by atoms with E-state index in [4.69, 9.17) is 9.47 Å². The van der Waals surface area contributed by atoms with Crippen molar-refractivity contribution in [3.8, 4) is 0 Å². The Morgan fingerprint density at radius 1 is 1.48 bits per heavy atom. The number of halogens is 1. The van der Waals surface area contributed by atoms with Gasteiger partial charge in [0.2, 0.25) is 0 Å². The standard InChI is InChI=1S/C14H24BrN3O3/c1-14(2,17-4-8-21-9-5-17)13(19)12-11(15)10-16-18(12)6-7-20-3/h10,13,19H,4-9H2,1-3H3. The van der Waals surface area contributed by atoms with Gasteiger partial charge in [-0.15, -0.1) is 0 Å². The first-order valence-electron chi connectivity index (χ1n) is 7.19. The maximum atomic E-state index is 10.9. The second-order valence-corrected chi connectivity index (χ2v) is 6.60. The molecule has 1 aromatic heterocycles. The summed E-state index contributed by atoms with van der Waals surface area (Å²) in [5, 5.41) is 15.3. The smallest absolute Gasteiger partial charge is 0.115 e. The van der Waals surface area contributed by atoms with Gasteiger partial charge in [-0.1, -0.05) is 0 Å². The van der Waals surface area contributed by atoms with Crippen LogP contribution in [0, 0.1) is 0 Å². The van der Waals surface area contributed by atoms with Crippen molar-refractivity contribution in [2.45, 2.75) is 32.0 Å². The van der Waals surface area contributed by atoms with E-state index < -0.39 is 11.6 Å². The van der Waals surface area contributed by atoms with Gasteiger partial charge in [0.05, 0.1) is 42.7 Å². The minimum absolute atomic E-state index is 0.392. The molecule has 21 heavy (non-hydrogen) atoms. The predicted octanol–water partition coefficient (Wildman–Crippen LogP) is 1.44. The Kier molecular flexibility index (Phi) is 5.79. The van der Waals surface area contributed by atoms with Crippen LogP contribution in [-0.2, 0) is 16.0 Å². The summed E-state index contributed by atoms with van der Waals surface area (Å²) in [5.41, 5.74) is 0.403. The molecule has 7 heteroatoms. The van der Waals surface area contributed by atoms with Crippen LogP contribution in [0.5, 0.6) is 0 Å². The van der Waals surface area contributed by atoms with Crippen LogP contribution < -0.4 is 0 Å². The Labute approximate surface area is 134 Å². The van der Waals surface area contributed by atoms with E-state index in [9.17, 15) is 5.11 Å². The van der Waals surface area contributed by atoms with Crippen molar-refractivity contribution in [2.75, 3.05) is 40.0 Å². The maximum Gasteiger partial charge on any atom is 0.115 e. The zero-order valence-corrected chi connectivity index (χ0v) is 14.5. The lowest BCUT2D eigenvalue weighted by Crippen LogP contribution is -2.53. The van der Waals surface area contributed by atoms with E-state index in [-0.39, 0.29) is 0 Å². The summed E-state index contributed by atoms with van der Waals surface area (Å²) in [4.78, 5) is 2.27. The third kappa shape index (κ3) is 3.65. The quantitative estimate of drug-likeness (QED) is 0.830. The summed E-state index contributed by atoms with van der Waals surface area (Å²) in [6.07, 6.45) is 1.08. The molecule has 1 atom stereocenters. The molecular formula is C14H24BrN3O3. The van der Waals surface area contributed by atoms with Crippen molar-refractivity contribution >= 4 is 15.9 Å². The number of ether oxygens (including phenoxy) is 2. The second-order valence-electron chi connectivity index (χ2n) is 5.75. The van der Waals surface area contributed by atoms with E-state index in [1.54, 1.807) is 18.0 Å². The average molecular weight is 362 g/mol. The van der Waals surface area contributed by atoms with Crippen LogP contribution in [0.4, 0.5) is 0 Å². The molecule has 0 amide bonds. The number of hydrogen-bond acceptors (Lipinski definition) is 5. The Hall–Kier alpha value is -0.470. The summed E-state index contributed by atoms with van der Waals surface area (Å²) >= 11 is 3.50. The summed E-state index contributed by atoms with van der Waals surface area (Å²) in [5.74, 6) is 0. The van der Waals surface area contributed by atoms with E-state index in [1.807, 2.05) is 0 Å². The zero-order valence-electron chi connectivity index (χ0n) is 12.9. The number of rotatable bonds is 6. The Morgan fingerprint density at radius 3 is 2.76 bits per heavy atom. The average Bonchev–Trinajstić information content (AvgIpc) is 2.86. The molecule has 0 radical (unpaired) electrons. The molecule has 0 saturated carbocycles. The molecule has 1 aliphatic heterocycles. The normalized spacial score (nSPS) is 18.9. The van der Waals surface area contributed by atoms with Crippen molar-refractivity contribution in [3.05, 3.63) is 16.4 Å². The van der Waals surface area contributed by atoms with Crippen molar-refractivity contribution in [2.24, 2.45) is 0 Å². The first-order chi connectivity index (χ1) is 9.98. The fourth-order valence-electron chi connectivity index (χ4n) is 2.65. The van der Waals surface area contributed by atoms with Crippen molar-refractivity contribution in [1.29, 1.82) is 0 Å². The summed E-state index contributed by atoms with van der Waals surface area (Å²) in [7, 11) is 1.66. The first kappa shape index (κ1) is 16.9. The van der Waals surface area contributed by atoms with Gasteiger partial charge >= 0.3 is 0 Å². The molecule has 1 N–H and O–H groups in total. The Balaban J connectivity index is 2.21. The lowest BCUT2D eigenvalue weighted by Gasteiger charge is -2.43. The van der Waals surface area contributed by atoms with Gasteiger partial charge in [-0.05, 0) is 29.8 Å². The van der Waals surface area contributed by atoms with Crippen LogP contribution in [0.3, 0.4) is 0 Å². The molecular weight excluding hydrogens is 338 g/mol. The minimum Gasteiger partial charge on any atom is -0.385 e. The molecule has 0 aromatic carbocycles. The van der Waals surface area contributed by atoms with E-state index in [2.05, 4.69) is 39.8 Å². The number of methoxy groups -OCH3 is 1. The van der Waals surface area contributed by atoms with Gasteiger partial charge in [-0.2, -0.15) is 5.10 Å². The molecule has 1 fully saturated rings. The Bertz CT molecular complexity index is 458. The lowest BCUT2D eigenvalue weighted by atomic mass is 9.92. The van der Waals surface area contributed by atoms with Crippen LogP contribution in [-0.4, -0.2) is 65.3 Å². The lowest BCUT2D eigenvalue weighted by molar-refractivity contribution is -0.0659. The number of nitrogens with zero attached hydrogens (tertiary/aromatic N) is 3. The molecule has 0 aliphatic carbocycles. The molecule has 2 heterocycles. The maximum absolute atomic E-state index is 10.9. The molecule has 6 nitrogen and oxygen atoms in total. The van der Waals surface area contributed by atoms with Gasteiger partial charge in [0.15, 0.2) is 0 Å². The Morgan fingerprint density at radius 2 is 2.14 bits per heavy atom. The van der Waals surface area contributed by atoms with Crippen LogP contribution in [0.25, 0.3) is 0 Å². The second kappa shape index (κ2) is 7.19. The van der Waals surface area contributed by atoms with Crippen molar-refractivity contribution in [1.82, 2.24) is 14.7 Å². The van der Waals surface area contributed by atoms with Gasteiger partial charge in [-0.25, -0.2) is 0 Å². The molecule has 1 aliphatic rings. The van der Waals surface area contributed by atoms with Gasteiger partial charge in [0, 0.05) is 25.7 Å². The topological polar surface area (TPSA) is 59.8 Å². The van der Waals surface area contributed by atoms with Crippen molar-refractivity contribution < 1.29 is 14.6 Å². The highest BCUT2D eigenvalue weighted by atomic mass is 79.9. The number of aromatic nitrogens is 2. The third-order valence-electron chi connectivity index (χ3n) is 4.09. The highest BCUT2D eigenvalue weighted by molar-refractivity contribution is 9.10. The zero-order chi connectivity index (χ0) is 15.5. The van der Waals surface area contributed by atoms with Crippen LogP contribution in [0.15, 0.2) is 10.7 Å². The number of aliphatic hydroxyl groups excluding tert-OH is 1. The fourth-order valence-corrected chi connectivity index (χ4v) is 3.16. The van der Waals surface area contributed by atoms with E-state index in [0.717, 1.165) is 23.3 Å². The third-order valence-corrected chi connectivity index (χ3v) is 4.71. The van der Waals surface area contributed by atoms with E-state index in [0.29, 0.717) is 26.4 Å². The fraction of sp³-hybridized carbons (Fsp3) is 0.786. The minimum atomic E-state index is -0.649. The molecule has 120 valence electrons.